The molecular weight excluding hydrogens is 266 g/mol. The number of nitrogens with zero attached hydrogens (tertiary/aromatic N) is 3. The highest BCUT2D eigenvalue weighted by molar-refractivity contribution is 9.10. The molecule has 0 saturated heterocycles. The van der Waals surface area contributed by atoms with Crippen molar-refractivity contribution >= 4 is 27.7 Å². The molecule has 0 unspecified atom stereocenters. The highest BCUT2D eigenvalue weighted by atomic mass is 79.9. The molecule has 6 nitrogen and oxygen atoms in total. The first-order chi connectivity index (χ1) is 7.11. The number of aromatic nitrogens is 3. The average Bonchev–Trinajstić information content (AvgIpc) is 2.59. The Bertz CT molecular complexity index is 537. The molecule has 2 aromatic heterocycles. The number of fused-ring (bicyclic) bond motifs is 1. The third-order valence-electron chi connectivity index (χ3n) is 1.78. The van der Waals surface area contributed by atoms with Gasteiger partial charge in [0, 0.05) is 12.4 Å². The van der Waals surface area contributed by atoms with E-state index in [9.17, 15) is 4.79 Å². The number of ether oxygens (including phenoxy) is 1. The van der Waals surface area contributed by atoms with E-state index in [4.69, 9.17) is 9.84 Å². The van der Waals surface area contributed by atoms with Gasteiger partial charge < -0.3 is 9.84 Å². The van der Waals surface area contributed by atoms with E-state index in [1.807, 2.05) is 0 Å². The van der Waals surface area contributed by atoms with E-state index >= 15 is 0 Å². The zero-order valence-corrected chi connectivity index (χ0v) is 9.22. The molecule has 0 aliphatic carbocycles. The molecule has 0 saturated carbocycles. The largest absolute Gasteiger partial charge is 0.480 e. The molecule has 7 heteroatoms. The number of carboxylic acid groups (broad SMARTS) is 1. The van der Waals surface area contributed by atoms with Crippen LogP contribution in [0.3, 0.4) is 0 Å². The quantitative estimate of drug-likeness (QED) is 0.888. The predicted molar refractivity (Wildman–Crippen MR) is 54.2 cm³/mol. The van der Waals surface area contributed by atoms with Gasteiger partial charge in [-0.15, -0.1) is 0 Å². The third kappa shape index (κ3) is 1.65. The first-order valence-corrected chi connectivity index (χ1v) is 4.73. The van der Waals surface area contributed by atoms with Crippen LogP contribution in [0.5, 0.6) is 5.88 Å². The van der Waals surface area contributed by atoms with Crippen LogP contribution in [0.1, 0.15) is 10.5 Å². The molecule has 15 heavy (non-hydrogen) atoms. The summed E-state index contributed by atoms with van der Waals surface area (Å²) in [6.07, 6.45) is 3.02. The lowest BCUT2D eigenvalue weighted by Gasteiger charge is -2.01. The molecule has 78 valence electrons. The molecule has 0 bridgehead atoms. The molecule has 0 amide bonds. The molecule has 2 aromatic rings. The van der Waals surface area contributed by atoms with Gasteiger partial charge in [0.15, 0.2) is 5.69 Å². The lowest BCUT2D eigenvalue weighted by molar-refractivity contribution is 0.0691. The van der Waals surface area contributed by atoms with Gasteiger partial charge in [0.25, 0.3) is 0 Å². The summed E-state index contributed by atoms with van der Waals surface area (Å²) in [6, 6.07) is 0. The fraction of sp³-hybridized carbons (Fsp3) is 0.125. The van der Waals surface area contributed by atoms with E-state index in [2.05, 4.69) is 25.9 Å². The Morgan fingerprint density at radius 2 is 2.27 bits per heavy atom. The third-order valence-corrected chi connectivity index (χ3v) is 2.33. The van der Waals surface area contributed by atoms with Gasteiger partial charge in [0.1, 0.15) is 0 Å². The Morgan fingerprint density at radius 1 is 1.53 bits per heavy atom. The van der Waals surface area contributed by atoms with Crippen LogP contribution in [0.4, 0.5) is 0 Å². The maximum Gasteiger partial charge on any atom is 0.356 e. The van der Waals surface area contributed by atoms with Gasteiger partial charge in [0.2, 0.25) is 11.7 Å². The molecule has 0 atom stereocenters. The van der Waals surface area contributed by atoms with Crippen molar-refractivity contribution in [3.8, 4) is 5.88 Å². The summed E-state index contributed by atoms with van der Waals surface area (Å²) in [5.41, 5.74) is -0.0531. The van der Waals surface area contributed by atoms with Gasteiger partial charge in [-0.05, 0) is 15.9 Å². The summed E-state index contributed by atoms with van der Waals surface area (Å²) < 4.78 is 7.11. The first-order valence-electron chi connectivity index (χ1n) is 3.94. The van der Waals surface area contributed by atoms with Crippen molar-refractivity contribution in [2.45, 2.75) is 0 Å². The normalized spacial score (nSPS) is 10.5. The second-order valence-corrected chi connectivity index (χ2v) is 3.59. The molecule has 0 aliphatic heterocycles. The topological polar surface area (TPSA) is 76.7 Å². The fourth-order valence-corrected chi connectivity index (χ4v) is 1.60. The van der Waals surface area contributed by atoms with Crippen LogP contribution in [0, 0.1) is 0 Å². The monoisotopic (exact) mass is 271 g/mol. The summed E-state index contributed by atoms with van der Waals surface area (Å²) in [6.45, 7) is 0. The zero-order valence-electron chi connectivity index (χ0n) is 7.64. The minimum absolute atomic E-state index is 0.0531. The van der Waals surface area contributed by atoms with Crippen LogP contribution in [-0.2, 0) is 0 Å². The van der Waals surface area contributed by atoms with Crippen molar-refractivity contribution < 1.29 is 14.6 Å². The predicted octanol–water partition coefficient (Wildman–Crippen LogP) is 1.20. The van der Waals surface area contributed by atoms with E-state index in [1.54, 1.807) is 6.20 Å². The van der Waals surface area contributed by atoms with Crippen molar-refractivity contribution in [2.75, 3.05) is 7.11 Å². The first kappa shape index (κ1) is 9.91. The van der Waals surface area contributed by atoms with Gasteiger partial charge in [-0.2, -0.15) is 4.98 Å². The van der Waals surface area contributed by atoms with Crippen LogP contribution in [0.2, 0.25) is 0 Å². The number of aromatic carboxylic acids is 1. The van der Waals surface area contributed by atoms with Gasteiger partial charge in [-0.1, -0.05) is 0 Å². The van der Waals surface area contributed by atoms with E-state index in [0.717, 1.165) is 0 Å². The number of carboxylic acids is 1. The van der Waals surface area contributed by atoms with E-state index in [-0.39, 0.29) is 11.5 Å². The minimum atomic E-state index is -1.09. The second-order valence-electron chi connectivity index (χ2n) is 2.74. The number of halogens is 1. The number of carbonyl (C=O) groups is 1. The highest BCUT2D eigenvalue weighted by Crippen LogP contribution is 2.22. The van der Waals surface area contributed by atoms with Crippen molar-refractivity contribution in [1.29, 1.82) is 0 Å². The second kappa shape index (κ2) is 3.50. The van der Waals surface area contributed by atoms with Gasteiger partial charge in [0.05, 0.1) is 11.6 Å². The van der Waals surface area contributed by atoms with Crippen LogP contribution in [0.15, 0.2) is 16.9 Å². The van der Waals surface area contributed by atoms with E-state index in [0.29, 0.717) is 10.4 Å². The Morgan fingerprint density at radius 3 is 2.87 bits per heavy atom. The Labute approximate surface area is 92.7 Å². The smallest absolute Gasteiger partial charge is 0.356 e. The molecule has 0 fully saturated rings. The molecule has 0 aromatic carbocycles. The van der Waals surface area contributed by atoms with Crippen molar-refractivity contribution in [3.63, 3.8) is 0 Å². The zero-order chi connectivity index (χ0) is 11.0. The Hall–Kier alpha value is -1.63. The Balaban J connectivity index is 2.66. The number of rotatable bonds is 2. The highest BCUT2D eigenvalue weighted by Gasteiger charge is 2.12. The maximum absolute atomic E-state index is 10.7. The lowest BCUT2D eigenvalue weighted by atomic mass is 10.5. The van der Waals surface area contributed by atoms with Crippen LogP contribution in [-0.4, -0.2) is 32.6 Å². The van der Waals surface area contributed by atoms with Crippen molar-refractivity contribution in [1.82, 2.24) is 14.4 Å². The number of methoxy groups -OCH3 is 1. The van der Waals surface area contributed by atoms with Crippen LogP contribution in [0.25, 0.3) is 5.78 Å². The SMILES string of the molecule is COc1nc2nc(C(=O)O)cn2cc1Br. The van der Waals surface area contributed by atoms with Gasteiger partial charge in [-0.3, -0.25) is 4.40 Å². The van der Waals surface area contributed by atoms with Gasteiger partial charge in [-0.25, -0.2) is 9.78 Å². The summed E-state index contributed by atoms with van der Waals surface area (Å²) in [5, 5.41) is 8.74. The van der Waals surface area contributed by atoms with E-state index in [1.165, 1.54) is 17.7 Å². The molecule has 0 spiro atoms. The summed E-state index contributed by atoms with van der Waals surface area (Å²) in [7, 11) is 1.48. The number of imidazole rings is 1. The number of hydrogen-bond donors (Lipinski definition) is 1. The molecule has 2 rings (SSSR count). The summed E-state index contributed by atoms with van der Waals surface area (Å²) >= 11 is 3.24. The minimum Gasteiger partial charge on any atom is -0.480 e. The van der Waals surface area contributed by atoms with Gasteiger partial charge >= 0.3 is 5.97 Å². The lowest BCUT2D eigenvalue weighted by Crippen LogP contribution is -1.95. The van der Waals surface area contributed by atoms with E-state index < -0.39 is 5.97 Å². The van der Waals surface area contributed by atoms with Crippen molar-refractivity contribution in [2.24, 2.45) is 0 Å². The van der Waals surface area contributed by atoms with Crippen LogP contribution >= 0.6 is 15.9 Å². The molecule has 0 radical (unpaired) electrons. The standard InChI is InChI=1S/C8H6BrN3O3/c1-15-6-4(9)2-12-3-5(7(13)14)10-8(12)11-6/h2-3H,1H3,(H,13,14). The maximum atomic E-state index is 10.7. The molecule has 0 aliphatic rings. The average molecular weight is 272 g/mol. The number of hydrogen-bond acceptors (Lipinski definition) is 4. The summed E-state index contributed by atoms with van der Waals surface area (Å²) in [5.74, 6) is -0.437. The van der Waals surface area contributed by atoms with Crippen molar-refractivity contribution in [3.05, 3.63) is 22.6 Å². The molecule has 2 heterocycles. The Kier molecular flexibility index (Phi) is 2.31. The molecular formula is C8H6BrN3O3. The fourth-order valence-electron chi connectivity index (χ4n) is 1.13. The summed E-state index contributed by atoms with van der Waals surface area (Å²) in [4.78, 5) is 18.5. The van der Waals surface area contributed by atoms with Crippen LogP contribution < -0.4 is 4.74 Å². The molecule has 1 N–H and O–H groups in total.